The first-order valence-corrected chi connectivity index (χ1v) is 9.67. The van der Waals surface area contributed by atoms with Crippen molar-refractivity contribution in [3.05, 3.63) is 42.0 Å². The summed E-state index contributed by atoms with van der Waals surface area (Å²) >= 11 is 0. The number of nitrogens with zero attached hydrogens (tertiary/aromatic N) is 2. The average molecular weight is 378 g/mol. The predicted molar refractivity (Wildman–Crippen MR) is 102 cm³/mol. The van der Waals surface area contributed by atoms with Crippen LogP contribution in [0.3, 0.4) is 0 Å². The lowest BCUT2D eigenvalue weighted by atomic mass is 9.93. The first-order valence-electron chi connectivity index (χ1n) is 8.57. The van der Waals surface area contributed by atoms with Gasteiger partial charge in [-0.05, 0) is 48.9 Å². The van der Waals surface area contributed by atoms with Gasteiger partial charge in [0.1, 0.15) is 11.0 Å². The Morgan fingerprint density at radius 2 is 1.88 bits per heavy atom. The molecule has 1 aliphatic rings. The van der Waals surface area contributed by atoms with E-state index in [0.717, 1.165) is 4.47 Å². The molecule has 1 aliphatic heterocycles. The van der Waals surface area contributed by atoms with Crippen LogP contribution in [0.5, 0.6) is 0 Å². The number of likely N-dealkylation sites (N-methyl/N-ethyl adjacent to an activating group) is 1. The molecule has 2 atom stereocenters. The summed E-state index contributed by atoms with van der Waals surface area (Å²) in [5, 5.41) is 0. The molecule has 1 aromatic rings. The highest BCUT2D eigenvalue weighted by Crippen LogP contribution is 2.34. The molecule has 26 heavy (non-hydrogen) atoms. The number of rotatable bonds is 5. The summed E-state index contributed by atoms with van der Waals surface area (Å²) in [6.07, 6.45) is -0.0261. The van der Waals surface area contributed by atoms with Gasteiger partial charge in [0.25, 0.3) is 5.91 Å². The Balaban J connectivity index is 2.49. The van der Waals surface area contributed by atoms with Crippen molar-refractivity contribution in [1.29, 1.82) is 0 Å². The van der Waals surface area contributed by atoms with Crippen LogP contribution < -0.4 is 0 Å². The molecule has 0 bridgehead atoms. The normalized spacial score (nSPS) is 18.7. The van der Waals surface area contributed by atoms with Crippen molar-refractivity contribution in [2.45, 2.75) is 51.4 Å². The molecule has 0 fully saturated rings. The second-order valence-corrected chi connectivity index (χ2v) is 9.30. The van der Waals surface area contributed by atoms with Crippen molar-refractivity contribution < 1.29 is 18.6 Å². The molecule has 0 N–H and O–H groups in total. The lowest BCUT2D eigenvalue weighted by Crippen LogP contribution is -2.55. The number of hydrogen-bond donors (Lipinski definition) is 0. The summed E-state index contributed by atoms with van der Waals surface area (Å²) in [7, 11) is -0.102. The summed E-state index contributed by atoms with van der Waals surface area (Å²) in [6, 6.07) is 7.11. The van der Waals surface area contributed by atoms with Gasteiger partial charge in [0.05, 0.1) is 4.75 Å². The summed E-state index contributed by atoms with van der Waals surface area (Å²) in [5.74, 6) is -0.724. The van der Waals surface area contributed by atoms with E-state index in [4.69, 9.17) is 4.84 Å². The molecule has 1 amide bonds. The van der Waals surface area contributed by atoms with E-state index >= 15 is 0 Å². The minimum absolute atomic E-state index is 0.200. The predicted octanol–water partition coefficient (Wildman–Crippen LogP) is 3.13. The summed E-state index contributed by atoms with van der Waals surface area (Å²) in [4.78, 5) is 31.8. The second kappa shape index (κ2) is 7.72. The van der Waals surface area contributed by atoms with Crippen LogP contribution in [0.1, 0.15) is 56.5 Å². The third-order valence-corrected chi connectivity index (χ3v) is 5.68. The SMILES string of the molecule is C=C1c2ccccc2C(=O)N(C)[C@@H]1N(OC(=O)CCC)[S@@](=O)C(C)(C)C. The highest BCUT2D eigenvalue weighted by atomic mass is 32.2. The van der Waals surface area contributed by atoms with Gasteiger partial charge in [-0.25, -0.2) is 4.21 Å². The van der Waals surface area contributed by atoms with Gasteiger partial charge in [0, 0.05) is 19.0 Å². The zero-order valence-corrected chi connectivity index (χ0v) is 16.8. The topological polar surface area (TPSA) is 66.9 Å². The molecule has 1 aromatic carbocycles. The standard InChI is InChI=1S/C19H26N2O4S/c1-7-10-16(22)25-21(26(24)19(3,4)5)17-13(2)14-11-8-9-12-15(14)18(23)20(17)6/h8-9,11-12,17H,2,7,10H2,1,3-6H3/t17-,26+/m1/s1. The van der Waals surface area contributed by atoms with Gasteiger partial charge in [-0.2, -0.15) is 0 Å². The van der Waals surface area contributed by atoms with Gasteiger partial charge in [-0.1, -0.05) is 31.7 Å². The highest BCUT2D eigenvalue weighted by molar-refractivity contribution is 7.83. The number of amides is 1. The van der Waals surface area contributed by atoms with Crippen LogP contribution in [0.4, 0.5) is 0 Å². The molecule has 0 saturated carbocycles. The summed E-state index contributed by atoms with van der Waals surface area (Å²) in [6.45, 7) is 11.3. The maximum Gasteiger partial charge on any atom is 0.326 e. The molecule has 7 heteroatoms. The largest absolute Gasteiger partial charge is 0.353 e. The minimum Gasteiger partial charge on any atom is -0.353 e. The zero-order valence-electron chi connectivity index (χ0n) is 15.9. The zero-order chi connectivity index (χ0) is 19.6. The summed E-state index contributed by atoms with van der Waals surface area (Å²) in [5.41, 5.74) is 1.75. The maximum absolute atomic E-state index is 13.1. The Bertz CT molecular complexity index is 754. The van der Waals surface area contributed by atoms with E-state index in [1.807, 2.05) is 13.0 Å². The first kappa shape index (κ1) is 20.3. The number of carbonyl (C=O) groups excluding carboxylic acids is 2. The van der Waals surface area contributed by atoms with Crippen LogP contribution >= 0.6 is 0 Å². The van der Waals surface area contributed by atoms with E-state index in [1.54, 1.807) is 46.0 Å². The number of fused-ring (bicyclic) bond motifs is 1. The molecule has 0 saturated heterocycles. The third-order valence-electron chi connectivity index (χ3n) is 4.04. The third kappa shape index (κ3) is 3.88. The fourth-order valence-corrected chi connectivity index (χ4v) is 3.83. The van der Waals surface area contributed by atoms with Crippen molar-refractivity contribution in [1.82, 2.24) is 9.37 Å². The first-order chi connectivity index (χ1) is 12.1. The van der Waals surface area contributed by atoms with Crippen LogP contribution in [-0.4, -0.2) is 43.4 Å². The van der Waals surface area contributed by atoms with E-state index in [0.29, 0.717) is 23.1 Å². The Morgan fingerprint density at radius 1 is 1.31 bits per heavy atom. The van der Waals surface area contributed by atoms with E-state index in [1.165, 1.54) is 4.90 Å². The number of benzene rings is 1. The Morgan fingerprint density at radius 3 is 2.42 bits per heavy atom. The fourth-order valence-electron chi connectivity index (χ4n) is 2.69. The van der Waals surface area contributed by atoms with Gasteiger partial charge >= 0.3 is 5.97 Å². The van der Waals surface area contributed by atoms with Gasteiger partial charge in [-0.15, -0.1) is 0 Å². The Labute approximate surface area is 157 Å². The van der Waals surface area contributed by atoms with E-state index in [2.05, 4.69) is 6.58 Å². The molecular weight excluding hydrogens is 352 g/mol. The second-order valence-electron chi connectivity index (χ2n) is 7.22. The molecular formula is C19H26N2O4S. The van der Waals surface area contributed by atoms with Crippen LogP contribution in [-0.2, 0) is 20.6 Å². The van der Waals surface area contributed by atoms with Crippen LogP contribution in [0.25, 0.3) is 5.57 Å². The molecule has 0 aromatic heterocycles. The number of carbonyl (C=O) groups is 2. The molecule has 2 rings (SSSR count). The molecule has 0 aliphatic carbocycles. The Kier molecular flexibility index (Phi) is 6.03. The van der Waals surface area contributed by atoms with Crippen LogP contribution in [0.15, 0.2) is 30.8 Å². The smallest absolute Gasteiger partial charge is 0.326 e. The van der Waals surface area contributed by atoms with E-state index in [-0.39, 0.29) is 12.3 Å². The Hall–Kier alpha value is -1.99. The van der Waals surface area contributed by atoms with Crippen LogP contribution in [0, 0.1) is 0 Å². The molecule has 0 radical (unpaired) electrons. The molecule has 142 valence electrons. The van der Waals surface area contributed by atoms with E-state index in [9.17, 15) is 13.8 Å². The van der Waals surface area contributed by atoms with Crippen molar-refractivity contribution in [2.24, 2.45) is 0 Å². The van der Waals surface area contributed by atoms with Gasteiger partial charge < -0.3 is 9.74 Å². The quantitative estimate of drug-likeness (QED) is 0.738. The molecule has 6 nitrogen and oxygen atoms in total. The summed E-state index contributed by atoms with van der Waals surface area (Å²) < 4.78 is 13.5. The van der Waals surface area contributed by atoms with Gasteiger partial charge in [0.2, 0.25) is 0 Å². The lowest BCUT2D eigenvalue weighted by Gasteiger charge is -2.41. The van der Waals surface area contributed by atoms with Crippen LogP contribution in [0.2, 0.25) is 0 Å². The lowest BCUT2D eigenvalue weighted by molar-refractivity contribution is -0.177. The fraction of sp³-hybridized carbons (Fsp3) is 0.474. The van der Waals surface area contributed by atoms with Crippen molar-refractivity contribution in [3.63, 3.8) is 0 Å². The van der Waals surface area contributed by atoms with Gasteiger partial charge in [-0.3, -0.25) is 9.59 Å². The molecule has 0 unspecified atom stereocenters. The van der Waals surface area contributed by atoms with Gasteiger partial charge in [0.15, 0.2) is 6.17 Å². The highest BCUT2D eigenvalue weighted by Gasteiger charge is 2.43. The maximum atomic E-state index is 13.1. The molecule has 1 heterocycles. The number of hydroxylamine groups is 1. The average Bonchev–Trinajstić information content (AvgIpc) is 2.58. The molecule has 0 spiro atoms. The minimum atomic E-state index is -1.69. The van der Waals surface area contributed by atoms with Crippen molar-refractivity contribution in [3.8, 4) is 0 Å². The monoisotopic (exact) mass is 378 g/mol. The van der Waals surface area contributed by atoms with Crippen molar-refractivity contribution in [2.75, 3.05) is 7.05 Å². The van der Waals surface area contributed by atoms with E-state index < -0.39 is 27.9 Å². The number of hydrogen-bond acceptors (Lipinski definition) is 4. The van der Waals surface area contributed by atoms with Crippen molar-refractivity contribution >= 4 is 28.4 Å².